The van der Waals surface area contributed by atoms with E-state index in [1.54, 1.807) is 7.11 Å². The highest BCUT2D eigenvalue weighted by atomic mass is 16.5. The van der Waals surface area contributed by atoms with E-state index in [0.29, 0.717) is 13.0 Å². The number of carbonyl (C=O) groups excluding carboxylic acids is 1. The molecule has 1 atom stereocenters. The standard InChI is InChI=1S/C17H17NO2/c1-20-14-7-4-5-12(9-14)10-16-15-8-3-2-6-13(15)11-18-17(16)19/h2-9,16H,10-11H2,1H3,(H,18,19). The van der Waals surface area contributed by atoms with E-state index >= 15 is 0 Å². The molecule has 0 fully saturated rings. The molecule has 0 bridgehead atoms. The van der Waals surface area contributed by atoms with Crippen molar-refractivity contribution in [2.24, 2.45) is 0 Å². The van der Waals surface area contributed by atoms with Gasteiger partial charge < -0.3 is 10.1 Å². The second kappa shape index (κ2) is 5.37. The number of amides is 1. The summed E-state index contributed by atoms with van der Waals surface area (Å²) in [7, 11) is 1.65. The van der Waals surface area contributed by atoms with E-state index in [1.807, 2.05) is 36.4 Å². The van der Waals surface area contributed by atoms with Gasteiger partial charge in [0.1, 0.15) is 5.75 Å². The van der Waals surface area contributed by atoms with Gasteiger partial charge in [0.05, 0.1) is 13.0 Å². The number of hydrogen-bond donors (Lipinski definition) is 1. The molecule has 3 rings (SSSR count). The molecule has 0 aliphatic carbocycles. The van der Waals surface area contributed by atoms with Crippen molar-refractivity contribution < 1.29 is 9.53 Å². The topological polar surface area (TPSA) is 38.3 Å². The summed E-state index contributed by atoms with van der Waals surface area (Å²) in [5.74, 6) is 0.811. The van der Waals surface area contributed by atoms with Gasteiger partial charge in [-0.3, -0.25) is 4.79 Å². The monoisotopic (exact) mass is 267 g/mol. The highest BCUT2D eigenvalue weighted by Gasteiger charge is 2.27. The second-order valence-corrected chi connectivity index (χ2v) is 5.02. The number of hydrogen-bond acceptors (Lipinski definition) is 2. The lowest BCUT2D eigenvalue weighted by atomic mass is 9.85. The molecule has 1 heterocycles. The van der Waals surface area contributed by atoms with Crippen molar-refractivity contribution >= 4 is 5.91 Å². The molecular formula is C17H17NO2. The molecule has 1 aliphatic rings. The second-order valence-electron chi connectivity index (χ2n) is 5.02. The van der Waals surface area contributed by atoms with E-state index < -0.39 is 0 Å². The van der Waals surface area contributed by atoms with Gasteiger partial charge >= 0.3 is 0 Å². The van der Waals surface area contributed by atoms with Crippen LogP contribution < -0.4 is 10.1 Å². The molecule has 2 aromatic rings. The van der Waals surface area contributed by atoms with Crippen LogP contribution in [0.4, 0.5) is 0 Å². The van der Waals surface area contributed by atoms with Crippen LogP contribution >= 0.6 is 0 Å². The molecule has 3 heteroatoms. The summed E-state index contributed by atoms with van der Waals surface area (Å²) in [6.45, 7) is 0.629. The van der Waals surface area contributed by atoms with Crippen molar-refractivity contribution in [3.63, 3.8) is 0 Å². The summed E-state index contributed by atoms with van der Waals surface area (Å²) in [4.78, 5) is 12.2. The predicted molar refractivity (Wildman–Crippen MR) is 77.7 cm³/mol. The maximum absolute atomic E-state index is 12.2. The Morgan fingerprint density at radius 1 is 1.20 bits per heavy atom. The van der Waals surface area contributed by atoms with Crippen LogP contribution in [0.1, 0.15) is 22.6 Å². The average molecular weight is 267 g/mol. The number of fused-ring (bicyclic) bond motifs is 1. The minimum Gasteiger partial charge on any atom is -0.497 e. The fourth-order valence-corrected chi connectivity index (χ4v) is 2.72. The number of carbonyl (C=O) groups is 1. The largest absolute Gasteiger partial charge is 0.497 e. The Morgan fingerprint density at radius 2 is 2.05 bits per heavy atom. The molecule has 0 radical (unpaired) electrons. The van der Waals surface area contributed by atoms with E-state index in [-0.39, 0.29) is 11.8 Å². The van der Waals surface area contributed by atoms with Gasteiger partial charge in [0.25, 0.3) is 0 Å². The third-order valence-electron chi connectivity index (χ3n) is 3.77. The van der Waals surface area contributed by atoms with Crippen molar-refractivity contribution in [2.45, 2.75) is 18.9 Å². The van der Waals surface area contributed by atoms with E-state index in [4.69, 9.17) is 4.74 Å². The van der Waals surface area contributed by atoms with Gasteiger partial charge in [0.15, 0.2) is 0 Å². The Balaban J connectivity index is 1.91. The first-order valence-corrected chi connectivity index (χ1v) is 6.76. The van der Waals surface area contributed by atoms with Crippen molar-refractivity contribution in [3.05, 3.63) is 65.2 Å². The van der Waals surface area contributed by atoms with Crippen molar-refractivity contribution in [1.82, 2.24) is 5.32 Å². The van der Waals surface area contributed by atoms with Crippen LogP contribution in [0.2, 0.25) is 0 Å². The predicted octanol–water partition coefficient (Wildman–Crippen LogP) is 2.65. The van der Waals surface area contributed by atoms with Gasteiger partial charge in [-0.15, -0.1) is 0 Å². The molecule has 20 heavy (non-hydrogen) atoms. The van der Waals surface area contributed by atoms with Crippen LogP contribution in [0.3, 0.4) is 0 Å². The number of rotatable bonds is 3. The fraction of sp³-hybridized carbons (Fsp3) is 0.235. The first-order valence-electron chi connectivity index (χ1n) is 6.76. The molecule has 1 N–H and O–H groups in total. The number of ether oxygens (including phenoxy) is 1. The molecule has 1 unspecified atom stereocenters. The molecule has 0 saturated carbocycles. The van der Waals surface area contributed by atoms with Crippen LogP contribution in [0.15, 0.2) is 48.5 Å². The van der Waals surface area contributed by atoms with Gasteiger partial charge in [-0.25, -0.2) is 0 Å². The summed E-state index contributed by atoms with van der Waals surface area (Å²) in [6.07, 6.45) is 0.694. The molecule has 1 amide bonds. The highest BCUT2D eigenvalue weighted by Crippen LogP contribution is 2.28. The molecule has 0 aromatic heterocycles. The molecule has 2 aromatic carbocycles. The SMILES string of the molecule is COc1cccc(CC2C(=O)NCc3ccccc32)c1. The third-order valence-corrected chi connectivity index (χ3v) is 3.77. The van der Waals surface area contributed by atoms with E-state index in [2.05, 4.69) is 17.4 Å². The Bertz CT molecular complexity index is 636. The lowest BCUT2D eigenvalue weighted by Gasteiger charge is -2.25. The summed E-state index contributed by atoms with van der Waals surface area (Å²) in [5.41, 5.74) is 3.46. The maximum Gasteiger partial charge on any atom is 0.228 e. The van der Waals surface area contributed by atoms with E-state index in [1.165, 1.54) is 5.56 Å². The molecule has 0 spiro atoms. The molecule has 3 nitrogen and oxygen atoms in total. The molecular weight excluding hydrogens is 250 g/mol. The first-order chi connectivity index (χ1) is 9.78. The lowest BCUT2D eigenvalue weighted by molar-refractivity contribution is -0.123. The summed E-state index contributed by atoms with van der Waals surface area (Å²) in [5, 5.41) is 2.97. The number of nitrogens with one attached hydrogen (secondary N) is 1. The smallest absolute Gasteiger partial charge is 0.228 e. The van der Waals surface area contributed by atoms with Crippen molar-refractivity contribution in [2.75, 3.05) is 7.11 Å². The minimum atomic E-state index is -0.118. The van der Waals surface area contributed by atoms with Gasteiger partial charge in [-0.1, -0.05) is 36.4 Å². The fourth-order valence-electron chi connectivity index (χ4n) is 2.72. The van der Waals surface area contributed by atoms with Gasteiger partial charge in [-0.05, 0) is 35.2 Å². The maximum atomic E-state index is 12.2. The van der Waals surface area contributed by atoms with Crippen molar-refractivity contribution in [3.8, 4) is 5.75 Å². The van der Waals surface area contributed by atoms with Crippen LogP contribution in [-0.2, 0) is 17.8 Å². The van der Waals surface area contributed by atoms with E-state index in [0.717, 1.165) is 16.9 Å². The number of methoxy groups -OCH3 is 1. The van der Waals surface area contributed by atoms with Crippen LogP contribution in [0, 0.1) is 0 Å². The summed E-state index contributed by atoms with van der Waals surface area (Å²) >= 11 is 0. The zero-order valence-corrected chi connectivity index (χ0v) is 11.4. The van der Waals surface area contributed by atoms with Crippen molar-refractivity contribution in [1.29, 1.82) is 0 Å². The molecule has 0 saturated heterocycles. The van der Waals surface area contributed by atoms with E-state index in [9.17, 15) is 4.79 Å². The average Bonchev–Trinajstić information content (AvgIpc) is 2.50. The van der Waals surface area contributed by atoms with Gasteiger partial charge in [0.2, 0.25) is 5.91 Å². The Labute approximate surface area is 118 Å². The van der Waals surface area contributed by atoms with Crippen LogP contribution in [-0.4, -0.2) is 13.0 Å². The van der Waals surface area contributed by atoms with Crippen LogP contribution in [0.25, 0.3) is 0 Å². The number of benzene rings is 2. The Kier molecular flexibility index (Phi) is 3.42. The lowest BCUT2D eigenvalue weighted by Crippen LogP contribution is -2.35. The van der Waals surface area contributed by atoms with Crippen LogP contribution in [0.5, 0.6) is 5.75 Å². The zero-order chi connectivity index (χ0) is 13.9. The Morgan fingerprint density at radius 3 is 2.90 bits per heavy atom. The summed E-state index contributed by atoms with van der Waals surface area (Å²) in [6, 6.07) is 16.0. The normalized spacial score (nSPS) is 17.2. The van der Waals surface area contributed by atoms with Gasteiger partial charge in [0, 0.05) is 6.54 Å². The minimum absolute atomic E-state index is 0.103. The van der Waals surface area contributed by atoms with Gasteiger partial charge in [-0.2, -0.15) is 0 Å². The Hall–Kier alpha value is -2.29. The highest BCUT2D eigenvalue weighted by molar-refractivity contribution is 5.86. The third kappa shape index (κ3) is 2.39. The quantitative estimate of drug-likeness (QED) is 0.928. The first kappa shape index (κ1) is 12.7. The zero-order valence-electron chi connectivity index (χ0n) is 11.4. The molecule has 102 valence electrons. The summed E-state index contributed by atoms with van der Waals surface area (Å²) < 4.78 is 5.24. The molecule has 1 aliphatic heterocycles.